The van der Waals surface area contributed by atoms with Crippen molar-refractivity contribution in [1.82, 2.24) is 29.5 Å². The van der Waals surface area contributed by atoms with Crippen LogP contribution in [0.1, 0.15) is 56.4 Å². The van der Waals surface area contributed by atoms with E-state index in [9.17, 15) is 0 Å². The Bertz CT molecular complexity index is 772. The first-order valence-corrected chi connectivity index (χ1v) is 7.98. The molecule has 0 radical (unpaired) electrons. The van der Waals surface area contributed by atoms with Gasteiger partial charge in [0.2, 0.25) is 0 Å². The highest BCUT2D eigenvalue weighted by Gasteiger charge is 2.23. The molecule has 0 aliphatic carbocycles. The van der Waals surface area contributed by atoms with Crippen molar-refractivity contribution in [3.8, 4) is 5.69 Å². The molecule has 0 amide bonds. The zero-order valence-electron chi connectivity index (χ0n) is 14.0. The molecule has 0 spiro atoms. The average Bonchev–Trinajstić information content (AvgIpc) is 3.19. The molecule has 23 heavy (non-hydrogen) atoms. The van der Waals surface area contributed by atoms with Gasteiger partial charge in [0.25, 0.3) is 0 Å². The molecule has 0 saturated carbocycles. The van der Waals surface area contributed by atoms with Crippen LogP contribution in [0.2, 0.25) is 0 Å². The Morgan fingerprint density at radius 3 is 2.65 bits per heavy atom. The molecule has 6 heteroatoms. The highest BCUT2D eigenvalue weighted by atomic mass is 15.4. The summed E-state index contributed by atoms with van der Waals surface area (Å²) in [7, 11) is 0. The Balaban J connectivity index is 2.17. The van der Waals surface area contributed by atoms with Crippen LogP contribution in [-0.4, -0.2) is 29.5 Å². The quantitative estimate of drug-likeness (QED) is 0.725. The third-order valence-electron chi connectivity index (χ3n) is 3.91. The average molecular weight is 310 g/mol. The third-order valence-corrected chi connectivity index (χ3v) is 3.91. The summed E-state index contributed by atoms with van der Waals surface area (Å²) >= 11 is 0. The Morgan fingerprint density at radius 1 is 1.22 bits per heavy atom. The normalized spacial score (nSPS) is 12.7. The van der Waals surface area contributed by atoms with E-state index in [1.54, 1.807) is 12.4 Å². The summed E-state index contributed by atoms with van der Waals surface area (Å²) in [6.45, 7) is 8.40. The van der Waals surface area contributed by atoms with E-state index < -0.39 is 0 Å². The molecule has 0 aromatic carbocycles. The summed E-state index contributed by atoms with van der Waals surface area (Å²) in [4.78, 5) is 9.00. The van der Waals surface area contributed by atoms with E-state index in [0.717, 1.165) is 29.3 Å². The predicted molar refractivity (Wildman–Crippen MR) is 88.6 cm³/mol. The predicted octanol–water partition coefficient (Wildman–Crippen LogP) is 3.29. The second-order valence-corrected chi connectivity index (χ2v) is 5.97. The maximum atomic E-state index is 4.82. The Morgan fingerprint density at radius 2 is 2.04 bits per heavy atom. The number of rotatable bonds is 5. The number of nitrogens with zero attached hydrogens (tertiary/aromatic N) is 6. The first-order chi connectivity index (χ1) is 11.1. The molecular formula is C17H22N6. The molecule has 3 aromatic heterocycles. The highest BCUT2D eigenvalue weighted by molar-refractivity contribution is 5.38. The number of aryl methyl sites for hydroxylation is 1. The summed E-state index contributed by atoms with van der Waals surface area (Å²) in [5.74, 6) is 2.03. The van der Waals surface area contributed by atoms with Gasteiger partial charge in [-0.2, -0.15) is 10.2 Å². The molecule has 0 N–H and O–H groups in total. The topological polar surface area (TPSA) is 61.4 Å². The van der Waals surface area contributed by atoms with E-state index >= 15 is 0 Å². The fourth-order valence-electron chi connectivity index (χ4n) is 2.63. The smallest absolute Gasteiger partial charge is 0.157 e. The van der Waals surface area contributed by atoms with Crippen LogP contribution in [0.25, 0.3) is 5.69 Å². The summed E-state index contributed by atoms with van der Waals surface area (Å²) in [6, 6.07) is 3.97. The lowest BCUT2D eigenvalue weighted by Gasteiger charge is -2.16. The zero-order valence-corrected chi connectivity index (χ0v) is 14.0. The van der Waals surface area contributed by atoms with E-state index in [4.69, 9.17) is 10.1 Å². The number of aromatic nitrogens is 6. The Labute approximate surface area is 136 Å². The number of hydrogen-bond acceptors (Lipinski definition) is 4. The molecule has 3 rings (SSSR count). The molecule has 0 fully saturated rings. The maximum Gasteiger partial charge on any atom is 0.157 e. The Hall–Kier alpha value is -2.50. The minimum Gasteiger partial charge on any atom is -0.264 e. The van der Waals surface area contributed by atoms with Gasteiger partial charge in [0, 0.05) is 30.7 Å². The van der Waals surface area contributed by atoms with E-state index in [2.05, 4.69) is 30.9 Å². The van der Waals surface area contributed by atoms with Crippen molar-refractivity contribution in [2.24, 2.45) is 0 Å². The van der Waals surface area contributed by atoms with Crippen LogP contribution >= 0.6 is 0 Å². The molecule has 6 nitrogen and oxygen atoms in total. The van der Waals surface area contributed by atoms with E-state index in [-0.39, 0.29) is 12.0 Å². The van der Waals surface area contributed by atoms with Gasteiger partial charge in [-0.15, -0.1) is 0 Å². The second-order valence-electron chi connectivity index (χ2n) is 5.97. The third kappa shape index (κ3) is 2.88. The van der Waals surface area contributed by atoms with Gasteiger partial charge in [-0.25, -0.2) is 9.67 Å². The van der Waals surface area contributed by atoms with Crippen molar-refractivity contribution in [2.45, 2.75) is 46.1 Å². The van der Waals surface area contributed by atoms with Crippen molar-refractivity contribution in [1.29, 1.82) is 0 Å². The molecule has 0 bridgehead atoms. The molecule has 3 aromatic rings. The van der Waals surface area contributed by atoms with Crippen molar-refractivity contribution in [2.75, 3.05) is 0 Å². The van der Waals surface area contributed by atoms with E-state index in [1.807, 2.05) is 40.8 Å². The van der Waals surface area contributed by atoms with Crippen LogP contribution < -0.4 is 0 Å². The van der Waals surface area contributed by atoms with Crippen LogP contribution in [-0.2, 0) is 0 Å². The van der Waals surface area contributed by atoms with Gasteiger partial charge < -0.3 is 0 Å². The Kier molecular flexibility index (Phi) is 4.23. The summed E-state index contributed by atoms with van der Waals surface area (Å²) in [5, 5.41) is 9.15. The van der Waals surface area contributed by atoms with Gasteiger partial charge in [0.05, 0.1) is 5.69 Å². The fraction of sp³-hybridized carbons (Fsp3) is 0.412. The maximum absolute atomic E-state index is 4.82. The summed E-state index contributed by atoms with van der Waals surface area (Å²) in [5.41, 5.74) is 2.09. The first-order valence-electron chi connectivity index (χ1n) is 7.98. The first kappa shape index (κ1) is 15.4. The SMILES string of the molecule is CC[C@H](c1nc(C(C)C)nn1-c1ccncc1C)n1cccn1. The molecular weight excluding hydrogens is 288 g/mol. The van der Waals surface area contributed by atoms with Crippen LogP contribution in [0.15, 0.2) is 36.9 Å². The highest BCUT2D eigenvalue weighted by Crippen LogP contribution is 2.25. The van der Waals surface area contributed by atoms with Gasteiger partial charge in [-0.1, -0.05) is 20.8 Å². The lowest BCUT2D eigenvalue weighted by Crippen LogP contribution is -2.16. The van der Waals surface area contributed by atoms with Crippen LogP contribution in [0.5, 0.6) is 0 Å². The molecule has 1 atom stereocenters. The van der Waals surface area contributed by atoms with Crippen molar-refractivity contribution in [3.05, 3.63) is 54.1 Å². The lowest BCUT2D eigenvalue weighted by atomic mass is 10.2. The van der Waals surface area contributed by atoms with Crippen molar-refractivity contribution >= 4 is 0 Å². The zero-order chi connectivity index (χ0) is 16.4. The minimum absolute atomic E-state index is 0.0533. The molecule has 0 aliphatic heterocycles. The van der Waals surface area contributed by atoms with Gasteiger partial charge in [0.1, 0.15) is 6.04 Å². The monoisotopic (exact) mass is 310 g/mol. The van der Waals surface area contributed by atoms with Crippen molar-refractivity contribution in [3.63, 3.8) is 0 Å². The molecule has 120 valence electrons. The van der Waals surface area contributed by atoms with Crippen LogP contribution in [0.4, 0.5) is 0 Å². The van der Waals surface area contributed by atoms with Gasteiger partial charge >= 0.3 is 0 Å². The largest absolute Gasteiger partial charge is 0.264 e. The van der Waals surface area contributed by atoms with E-state index in [1.165, 1.54) is 0 Å². The minimum atomic E-state index is 0.0533. The standard InChI is InChI=1S/C17H22N6/c1-5-14(22-10-6-8-19-22)17-20-16(12(2)3)21-23(17)15-7-9-18-11-13(15)4/h6-12,14H,5H2,1-4H3/t14-/m1/s1. The summed E-state index contributed by atoms with van der Waals surface area (Å²) < 4.78 is 3.89. The molecule has 3 heterocycles. The molecule has 0 unspecified atom stereocenters. The van der Waals surface area contributed by atoms with Crippen molar-refractivity contribution < 1.29 is 0 Å². The number of pyridine rings is 1. The molecule has 0 aliphatic rings. The van der Waals surface area contributed by atoms with E-state index in [0.29, 0.717) is 0 Å². The van der Waals surface area contributed by atoms with Crippen LogP contribution in [0, 0.1) is 6.92 Å². The summed E-state index contributed by atoms with van der Waals surface area (Å²) in [6.07, 6.45) is 8.30. The van der Waals surface area contributed by atoms with Gasteiger partial charge in [0.15, 0.2) is 11.6 Å². The van der Waals surface area contributed by atoms with Crippen LogP contribution in [0.3, 0.4) is 0 Å². The molecule has 0 saturated heterocycles. The fourth-order valence-corrected chi connectivity index (χ4v) is 2.63. The second kappa shape index (κ2) is 6.32. The van der Waals surface area contributed by atoms with Gasteiger partial charge in [-0.05, 0) is 31.0 Å². The van der Waals surface area contributed by atoms with Gasteiger partial charge in [-0.3, -0.25) is 9.67 Å². The number of hydrogen-bond donors (Lipinski definition) is 0. The lowest BCUT2D eigenvalue weighted by molar-refractivity contribution is 0.474.